The second-order valence-electron chi connectivity index (χ2n) is 6.08. The Morgan fingerprint density at radius 1 is 1.36 bits per heavy atom. The normalized spacial score (nSPS) is 10.8. The summed E-state index contributed by atoms with van der Waals surface area (Å²) in [4.78, 5) is 12.2. The van der Waals surface area contributed by atoms with Gasteiger partial charge in [-0.1, -0.05) is 13.3 Å². The fraction of sp³-hybridized carbons (Fsp3) is 0.333. The lowest BCUT2D eigenvalue weighted by molar-refractivity contribution is 0.763. The third kappa shape index (κ3) is 3.11. The molecule has 0 saturated heterocycles. The lowest BCUT2D eigenvalue weighted by Crippen LogP contribution is -2.03. The van der Waals surface area contributed by atoms with Crippen LogP contribution in [0.1, 0.15) is 36.7 Å². The minimum Gasteiger partial charge on any atom is -0.383 e. The largest absolute Gasteiger partial charge is 0.383 e. The van der Waals surface area contributed by atoms with E-state index in [4.69, 9.17) is 5.73 Å². The minimum atomic E-state index is 0.215. The molecule has 0 saturated carbocycles. The van der Waals surface area contributed by atoms with Gasteiger partial charge < -0.3 is 10.7 Å². The standard InChI is InChI=1S/C18H21N7/c1-4-5-6-15-21-9-14(23-15)16-11(2)17(12-8-22-25(3)10-12)24-18(20)13(16)7-19/h8-10H,4-6H2,1-3H3,(H2,20,24)(H,21,23). The molecule has 3 N–H and O–H groups in total. The number of nitrogens with zero attached hydrogens (tertiary/aromatic N) is 5. The van der Waals surface area contributed by atoms with E-state index in [2.05, 4.69) is 33.0 Å². The summed E-state index contributed by atoms with van der Waals surface area (Å²) in [5.41, 5.74) is 10.5. The Balaban J connectivity index is 2.16. The Kier molecular flexibility index (Phi) is 4.52. The van der Waals surface area contributed by atoms with E-state index in [1.165, 1.54) is 0 Å². The Morgan fingerprint density at radius 2 is 2.16 bits per heavy atom. The van der Waals surface area contributed by atoms with Gasteiger partial charge in [0.1, 0.15) is 23.3 Å². The third-order valence-corrected chi connectivity index (χ3v) is 4.22. The molecule has 0 amide bonds. The highest BCUT2D eigenvalue weighted by Gasteiger charge is 2.20. The topological polar surface area (TPSA) is 109 Å². The zero-order chi connectivity index (χ0) is 18.0. The number of aryl methyl sites for hydroxylation is 2. The smallest absolute Gasteiger partial charge is 0.142 e. The zero-order valence-corrected chi connectivity index (χ0v) is 14.7. The number of aromatic amines is 1. The maximum atomic E-state index is 9.58. The molecule has 7 nitrogen and oxygen atoms in total. The van der Waals surface area contributed by atoms with Crippen LogP contribution >= 0.6 is 0 Å². The van der Waals surface area contributed by atoms with Crippen LogP contribution in [-0.4, -0.2) is 24.7 Å². The van der Waals surface area contributed by atoms with Crippen molar-refractivity contribution in [3.05, 3.63) is 35.5 Å². The van der Waals surface area contributed by atoms with Crippen molar-refractivity contribution in [2.45, 2.75) is 33.1 Å². The highest BCUT2D eigenvalue weighted by atomic mass is 15.2. The Labute approximate surface area is 146 Å². The quantitative estimate of drug-likeness (QED) is 0.745. The number of H-pyrrole nitrogens is 1. The predicted molar refractivity (Wildman–Crippen MR) is 96.5 cm³/mol. The van der Waals surface area contributed by atoms with Crippen molar-refractivity contribution in [3.8, 4) is 28.6 Å². The molecule has 0 spiro atoms. The Bertz CT molecular complexity index is 943. The zero-order valence-electron chi connectivity index (χ0n) is 14.7. The molecule has 0 aliphatic rings. The molecule has 3 aromatic rings. The van der Waals surface area contributed by atoms with Crippen LogP contribution < -0.4 is 5.73 Å². The molecule has 0 aliphatic carbocycles. The molecule has 0 radical (unpaired) electrons. The Hall–Kier alpha value is -3.14. The number of aromatic nitrogens is 5. The van der Waals surface area contributed by atoms with Crippen LogP contribution in [-0.2, 0) is 13.5 Å². The summed E-state index contributed by atoms with van der Waals surface area (Å²) in [5.74, 6) is 1.13. The van der Waals surface area contributed by atoms with Gasteiger partial charge in [-0.15, -0.1) is 0 Å². The van der Waals surface area contributed by atoms with Crippen molar-refractivity contribution in [1.29, 1.82) is 5.26 Å². The summed E-state index contributed by atoms with van der Waals surface area (Å²) >= 11 is 0. The van der Waals surface area contributed by atoms with Gasteiger partial charge in [0.25, 0.3) is 0 Å². The average Bonchev–Trinajstić information content (AvgIpc) is 3.23. The van der Waals surface area contributed by atoms with Crippen LogP contribution in [0.25, 0.3) is 22.5 Å². The van der Waals surface area contributed by atoms with E-state index in [9.17, 15) is 5.26 Å². The number of nitrogen functional groups attached to an aromatic ring is 1. The van der Waals surface area contributed by atoms with Gasteiger partial charge in [-0.05, 0) is 18.9 Å². The molecule has 0 unspecified atom stereocenters. The van der Waals surface area contributed by atoms with Crippen molar-refractivity contribution in [1.82, 2.24) is 24.7 Å². The van der Waals surface area contributed by atoms with Gasteiger partial charge >= 0.3 is 0 Å². The van der Waals surface area contributed by atoms with E-state index in [1.54, 1.807) is 17.1 Å². The van der Waals surface area contributed by atoms with Crippen LogP contribution in [0.15, 0.2) is 18.6 Å². The van der Waals surface area contributed by atoms with Gasteiger partial charge in [-0.2, -0.15) is 10.4 Å². The van der Waals surface area contributed by atoms with Crippen LogP contribution in [0.2, 0.25) is 0 Å². The van der Waals surface area contributed by atoms with Gasteiger partial charge in [-0.25, -0.2) is 9.97 Å². The molecule has 25 heavy (non-hydrogen) atoms. The minimum absolute atomic E-state index is 0.215. The second kappa shape index (κ2) is 6.77. The first kappa shape index (κ1) is 16.7. The molecule has 3 aromatic heterocycles. The predicted octanol–water partition coefficient (Wildman–Crippen LogP) is 2.98. The molecule has 0 bridgehead atoms. The number of rotatable bonds is 5. The molecule has 7 heteroatoms. The van der Waals surface area contributed by atoms with Gasteiger partial charge in [0.05, 0.1) is 23.8 Å². The van der Waals surface area contributed by atoms with Gasteiger partial charge in [0, 0.05) is 30.8 Å². The van der Waals surface area contributed by atoms with Crippen molar-refractivity contribution in [3.63, 3.8) is 0 Å². The van der Waals surface area contributed by atoms with Crippen LogP contribution in [0, 0.1) is 18.3 Å². The maximum absolute atomic E-state index is 9.58. The van der Waals surface area contributed by atoms with Crippen molar-refractivity contribution in [2.75, 3.05) is 5.73 Å². The third-order valence-electron chi connectivity index (χ3n) is 4.22. The molecular formula is C18H21N7. The fourth-order valence-corrected chi connectivity index (χ4v) is 2.93. The SMILES string of the molecule is CCCCc1ncc(-c2c(C)c(-c3cnn(C)c3)nc(N)c2C#N)[nH]1. The summed E-state index contributed by atoms with van der Waals surface area (Å²) in [6, 6.07) is 2.18. The second-order valence-corrected chi connectivity index (χ2v) is 6.08. The first-order chi connectivity index (χ1) is 12.0. The van der Waals surface area contributed by atoms with E-state index in [0.717, 1.165) is 53.2 Å². The summed E-state index contributed by atoms with van der Waals surface area (Å²) in [6.07, 6.45) is 8.44. The monoisotopic (exact) mass is 335 g/mol. The molecule has 3 heterocycles. The number of nitrogens with one attached hydrogen (secondary N) is 1. The number of pyridine rings is 1. The highest BCUT2D eigenvalue weighted by molar-refractivity contribution is 5.82. The number of nitrogens with two attached hydrogens (primary N) is 1. The number of hydrogen-bond acceptors (Lipinski definition) is 5. The van der Waals surface area contributed by atoms with Gasteiger partial charge in [-0.3, -0.25) is 4.68 Å². The first-order valence-electron chi connectivity index (χ1n) is 8.28. The van der Waals surface area contributed by atoms with E-state index >= 15 is 0 Å². The highest BCUT2D eigenvalue weighted by Crippen LogP contribution is 2.34. The molecule has 0 fully saturated rings. The first-order valence-corrected chi connectivity index (χ1v) is 8.28. The van der Waals surface area contributed by atoms with Gasteiger partial charge in [0.2, 0.25) is 0 Å². The number of unbranched alkanes of at least 4 members (excludes halogenated alkanes) is 1. The lowest BCUT2D eigenvalue weighted by atomic mass is 9.97. The Morgan fingerprint density at radius 3 is 2.80 bits per heavy atom. The maximum Gasteiger partial charge on any atom is 0.142 e. The van der Waals surface area contributed by atoms with Crippen molar-refractivity contribution < 1.29 is 0 Å². The molecule has 0 atom stereocenters. The molecular weight excluding hydrogens is 314 g/mol. The summed E-state index contributed by atoms with van der Waals surface area (Å²) < 4.78 is 1.71. The molecule has 0 aromatic carbocycles. The molecule has 128 valence electrons. The number of nitriles is 1. The summed E-state index contributed by atoms with van der Waals surface area (Å²) in [6.45, 7) is 4.09. The van der Waals surface area contributed by atoms with Crippen molar-refractivity contribution >= 4 is 5.82 Å². The number of anilines is 1. The van der Waals surface area contributed by atoms with E-state index in [0.29, 0.717) is 5.56 Å². The van der Waals surface area contributed by atoms with Gasteiger partial charge in [0.15, 0.2) is 0 Å². The summed E-state index contributed by atoms with van der Waals surface area (Å²) in [7, 11) is 1.85. The van der Waals surface area contributed by atoms with E-state index in [1.807, 2.05) is 20.2 Å². The van der Waals surface area contributed by atoms with Crippen LogP contribution in [0.4, 0.5) is 5.82 Å². The van der Waals surface area contributed by atoms with E-state index < -0.39 is 0 Å². The number of hydrogen-bond donors (Lipinski definition) is 2. The molecule has 0 aliphatic heterocycles. The summed E-state index contributed by atoms with van der Waals surface area (Å²) in [5, 5.41) is 13.8. The van der Waals surface area contributed by atoms with Crippen LogP contribution in [0.3, 0.4) is 0 Å². The van der Waals surface area contributed by atoms with Crippen molar-refractivity contribution in [2.24, 2.45) is 7.05 Å². The average molecular weight is 335 g/mol. The lowest BCUT2D eigenvalue weighted by Gasteiger charge is -2.12. The van der Waals surface area contributed by atoms with Crippen LogP contribution in [0.5, 0.6) is 0 Å². The number of imidazole rings is 1. The van der Waals surface area contributed by atoms with E-state index in [-0.39, 0.29) is 5.82 Å². The molecule has 3 rings (SSSR count). The fourth-order valence-electron chi connectivity index (χ4n) is 2.93.